The maximum atomic E-state index is 13.6. The maximum absolute atomic E-state index is 13.6. The van der Waals surface area contributed by atoms with Gasteiger partial charge in [-0.15, -0.1) is 10.2 Å². The topological polar surface area (TPSA) is 69.6 Å². The van der Waals surface area contributed by atoms with E-state index in [0.29, 0.717) is 35.9 Å². The minimum atomic E-state index is -0.419. The van der Waals surface area contributed by atoms with Crippen molar-refractivity contribution in [1.82, 2.24) is 20.0 Å². The molecule has 1 aromatic heterocycles. The number of nitrogens with zero attached hydrogens (tertiary/aromatic N) is 5. The van der Waals surface area contributed by atoms with E-state index >= 15 is 0 Å². The fraction of sp³-hybridized carbons (Fsp3) is 0.250. The summed E-state index contributed by atoms with van der Waals surface area (Å²) in [7, 11) is 0. The molecule has 0 aliphatic carbocycles. The molecule has 41 heavy (non-hydrogen) atoms. The van der Waals surface area contributed by atoms with E-state index in [1.807, 2.05) is 73.7 Å². The van der Waals surface area contributed by atoms with E-state index in [9.17, 15) is 14.0 Å². The Hall–Kier alpha value is -4.30. The molecule has 1 atom stereocenters. The summed E-state index contributed by atoms with van der Waals surface area (Å²) in [5.74, 6) is -0.135. The SMILES string of the molecule is CC(c1ccccc1)N(CC(=O)N1CCCN(c2ccc(-c3ccccc3Cl)nn2)CC1)C(=O)c1ccc(F)cc1. The van der Waals surface area contributed by atoms with Gasteiger partial charge in [0.1, 0.15) is 12.4 Å². The lowest BCUT2D eigenvalue weighted by Gasteiger charge is -2.31. The van der Waals surface area contributed by atoms with Gasteiger partial charge in [-0.2, -0.15) is 0 Å². The fourth-order valence-corrected chi connectivity index (χ4v) is 5.24. The Kier molecular flexibility index (Phi) is 8.89. The lowest BCUT2D eigenvalue weighted by atomic mass is 10.1. The van der Waals surface area contributed by atoms with Gasteiger partial charge in [0.15, 0.2) is 5.82 Å². The Labute approximate surface area is 244 Å². The van der Waals surface area contributed by atoms with Gasteiger partial charge in [0.2, 0.25) is 5.91 Å². The van der Waals surface area contributed by atoms with E-state index in [-0.39, 0.29) is 24.4 Å². The zero-order valence-electron chi connectivity index (χ0n) is 22.8. The van der Waals surface area contributed by atoms with Gasteiger partial charge in [0.05, 0.1) is 16.8 Å². The van der Waals surface area contributed by atoms with E-state index < -0.39 is 5.82 Å². The summed E-state index contributed by atoms with van der Waals surface area (Å²) in [5.41, 5.74) is 2.77. The summed E-state index contributed by atoms with van der Waals surface area (Å²) >= 11 is 6.31. The number of rotatable bonds is 7. The van der Waals surface area contributed by atoms with Gasteiger partial charge in [-0.3, -0.25) is 9.59 Å². The third-order valence-corrected chi connectivity index (χ3v) is 7.71. The van der Waals surface area contributed by atoms with Gasteiger partial charge in [-0.1, -0.05) is 60.1 Å². The van der Waals surface area contributed by atoms with Crippen LogP contribution in [0.15, 0.2) is 91.0 Å². The Morgan fingerprint density at radius 2 is 1.61 bits per heavy atom. The minimum Gasteiger partial charge on any atom is -0.353 e. The molecule has 1 aliphatic heterocycles. The van der Waals surface area contributed by atoms with Gasteiger partial charge in [-0.05, 0) is 61.4 Å². The Bertz CT molecular complexity index is 1480. The molecule has 1 fully saturated rings. The van der Waals surface area contributed by atoms with Crippen LogP contribution in [0.3, 0.4) is 0 Å². The molecule has 2 heterocycles. The largest absolute Gasteiger partial charge is 0.353 e. The van der Waals surface area contributed by atoms with Crippen LogP contribution in [0.1, 0.15) is 35.3 Å². The lowest BCUT2D eigenvalue weighted by molar-refractivity contribution is -0.132. The van der Waals surface area contributed by atoms with Crippen LogP contribution < -0.4 is 4.90 Å². The average Bonchev–Trinajstić information content (AvgIpc) is 3.27. The van der Waals surface area contributed by atoms with Crippen LogP contribution in [0.4, 0.5) is 10.2 Å². The number of amides is 2. The van der Waals surface area contributed by atoms with Gasteiger partial charge in [0, 0.05) is 37.3 Å². The molecule has 4 aromatic rings. The molecular weight excluding hydrogens is 541 g/mol. The van der Waals surface area contributed by atoms with Crippen molar-refractivity contribution in [3.63, 3.8) is 0 Å². The van der Waals surface area contributed by atoms with Gasteiger partial charge in [-0.25, -0.2) is 4.39 Å². The molecule has 210 valence electrons. The number of carbonyl (C=O) groups is 2. The minimum absolute atomic E-state index is 0.0847. The highest BCUT2D eigenvalue weighted by Gasteiger charge is 2.28. The summed E-state index contributed by atoms with van der Waals surface area (Å²) in [6.45, 7) is 4.19. The predicted octanol–water partition coefficient (Wildman–Crippen LogP) is 5.88. The highest BCUT2D eigenvalue weighted by molar-refractivity contribution is 6.33. The zero-order chi connectivity index (χ0) is 28.8. The monoisotopic (exact) mass is 571 g/mol. The van der Waals surface area contributed by atoms with Crippen LogP contribution in [-0.4, -0.2) is 64.5 Å². The zero-order valence-corrected chi connectivity index (χ0v) is 23.5. The molecule has 1 aliphatic rings. The van der Waals surface area contributed by atoms with Crippen molar-refractivity contribution in [3.05, 3.63) is 113 Å². The van der Waals surface area contributed by atoms with Crippen LogP contribution in [0.5, 0.6) is 0 Å². The third-order valence-electron chi connectivity index (χ3n) is 7.38. The maximum Gasteiger partial charge on any atom is 0.254 e. The van der Waals surface area contributed by atoms with Crippen molar-refractivity contribution in [3.8, 4) is 11.3 Å². The Morgan fingerprint density at radius 1 is 0.878 bits per heavy atom. The molecule has 1 unspecified atom stereocenters. The second-order valence-electron chi connectivity index (χ2n) is 10.0. The van der Waals surface area contributed by atoms with Crippen molar-refractivity contribution in [2.24, 2.45) is 0 Å². The fourth-order valence-electron chi connectivity index (χ4n) is 5.00. The highest BCUT2D eigenvalue weighted by Crippen LogP contribution is 2.27. The molecule has 5 rings (SSSR count). The Balaban J connectivity index is 1.28. The standard InChI is InChI=1S/C32H31ClFN5O2/c1-23(24-8-3-2-4-9-24)39(32(41)25-12-14-26(34)15-13-25)22-31(40)38-19-7-18-37(20-21-38)30-17-16-29(35-36-30)27-10-5-6-11-28(27)33/h2-6,8-17,23H,7,18-22H2,1H3. The number of hydrogen-bond donors (Lipinski definition) is 0. The molecule has 7 nitrogen and oxygen atoms in total. The van der Waals surface area contributed by atoms with Crippen molar-refractivity contribution < 1.29 is 14.0 Å². The molecule has 0 saturated carbocycles. The quantitative estimate of drug-likeness (QED) is 0.277. The molecule has 0 N–H and O–H groups in total. The Morgan fingerprint density at radius 3 is 2.32 bits per heavy atom. The van der Waals surface area contributed by atoms with Crippen molar-refractivity contribution in [2.75, 3.05) is 37.6 Å². The molecule has 2 amide bonds. The second-order valence-corrected chi connectivity index (χ2v) is 10.4. The van der Waals surface area contributed by atoms with Crippen LogP contribution in [-0.2, 0) is 4.79 Å². The number of carbonyl (C=O) groups excluding carboxylic acids is 2. The van der Waals surface area contributed by atoms with Crippen LogP contribution in [0, 0.1) is 5.82 Å². The van der Waals surface area contributed by atoms with E-state index in [0.717, 1.165) is 29.9 Å². The number of halogens is 2. The normalized spacial score (nSPS) is 14.3. The number of aromatic nitrogens is 2. The molecule has 0 bridgehead atoms. The number of benzene rings is 3. The third kappa shape index (κ3) is 6.72. The summed E-state index contributed by atoms with van der Waals surface area (Å²) in [6.07, 6.45) is 0.750. The van der Waals surface area contributed by atoms with Crippen LogP contribution in [0.2, 0.25) is 5.02 Å². The van der Waals surface area contributed by atoms with E-state index in [1.54, 1.807) is 9.80 Å². The number of hydrogen-bond acceptors (Lipinski definition) is 5. The highest BCUT2D eigenvalue weighted by atomic mass is 35.5. The van der Waals surface area contributed by atoms with Crippen molar-refractivity contribution in [1.29, 1.82) is 0 Å². The average molecular weight is 572 g/mol. The number of anilines is 1. The first-order chi connectivity index (χ1) is 19.9. The summed E-state index contributed by atoms with van der Waals surface area (Å²) in [6, 6.07) is 26.0. The van der Waals surface area contributed by atoms with Crippen molar-refractivity contribution >= 4 is 29.2 Å². The van der Waals surface area contributed by atoms with Gasteiger partial charge in [0.25, 0.3) is 5.91 Å². The van der Waals surface area contributed by atoms with E-state index in [4.69, 9.17) is 11.6 Å². The first-order valence-corrected chi connectivity index (χ1v) is 14.0. The molecule has 1 saturated heterocycles. The smallest absolute Gasteiger partial charge is 0.254 e. The summed E-state index contributed by atoms with van der Waals surface area (Å²) in [4.78, 5) is 32.6. The van der Waals surface area contributed by atoms with Crippen molar-refractivity contribution in [2.45, 2.75) is 19.4 Å². The first kappa shape index (κ1) is 28.2. The van der Waals surface area contributed by atoms with Crippen LogP contribution in [0.25, 0.3) is 11.3 Å². The molecule has 0 spiro atoms. The van der Waals surface area contributed by atoms with Gasteiger partial charge < -0.3 is 14.7 Å². The van der Waals surface area contributed by atoms with Gasteiger partial charge >= 0.3 is 0 Å². The molecule has 9 heteroatoms. The van der Waals surface area contributed by atoms with Crippen LogP contribution >= 0.6 is 11.6 Å². The second kappa shape index (κ2) is 12.9. The lowest BCUT2D eigenvalue weighted by Crippen LogP contribution is -2.45. The molecule has 3 aromatic carbocycles. The first-order valence-electron chi connectivity index (χ1n) is 13.6. The predicted molar refractivity (Wildman–Crippen MR) is 158 cm³/mol. The van der Waals surface area contributed by atoms with E-state index in [2.05, 4.69) is 15.1 Å². The molecular formula is C32H31ClFN5O2. The molecule has 0 radical (unpaired) electrons. The summed E-state index contributed by atoms with van der Waals surface area (Å²) < 4.78 is 13.5. The summed E-state index contributed by atoms with van der Waals surface area (Å²) in [5, 5.41) is 9.44. The van der Waals surface area contributed by atoms with E-state index in [1.165, 1.54) is 24.3 Å².